The second-order valence-corrected chi connectivity index (χ2v) is 18.4. The summed E-state index contributed by atoms with van der Waals surface area (Å²) in [5.74, 6) is 2.62. The Hall–Kier alpha value is -4.63. The number of pyridine rings is 1. The van der Waals surface area contributed by atoms with Gasteiger partial charge in [-0.05, 0) is 144 Å². The molecule has 0 saturated carbocycles. The lowest BCUT2D eigenvalue weighted by Gasteiger charge is -2.37. The number of carboxylic acid groups (broad SMARTS) is 1. The molecule has 3 fully saturated rings. The van der Waals surface area contributed by atoms with Crippen LogP contribution >= 0.6 is 9.03 Å². The van der Waals surface area contributed by atoms with Gasteiger partial charge in [-0.1, -0.05) is 19.4 Å². The minimum atomic E-state index is -0.917. The Balaban J connectivity index is 0.00000129. The van der Waals surface area contributed by atoms with Crippen molar-refractivity contribution in [3.63, 3.8) is 0 Å². The van der Waals surface area contributed by atoms with E-state index in [4.69, 9.17) is 29.8 Å². The van der Waals surface area contributed by atoms with Gasteiger partial charge in [-0.2, -0.15) is 5.10 Å². The summed E-state index contributed by atoms with van der Waals surface area (Å²) in [4.78, 5) is 74.6. The van der Waals surface area contributed by atoms with Gasteiger partial charge in [0.15, 0.2) is 0 Å². The standard InChI is InChI=1S/C48H71N9O3.CH2O2.H3O2P/c1-4-39(35-53-25-20-38(34-53)16-18-42-19-17-40-12-11-22-50-48(40)51-42)41-31-43(33-44(32-41)57-37(3)30-36(2)52-57)54-26-28-56(29-27-54)47(60)15-10-13-45(58)49-21-7-5-6-14-46(59)55-23-8-9-24-55;2-1-3;1-3-2/h17,19,30-33,38-39H,4-16,18,20-29,34-35H2,1-3H3,(H,49,58)(H,50,51);1H,(H,2,3);1-3H. The lowest BCUT2D eigenvalue weighted by atomic mass is 9.94. The summed E-state index contributed by atoms with van der Waals surface area (Å²) in [6.07, 6.45) is 13.7. The summed E-state index contributed by atoms with van der Waals surface area (Å²) in [5, 5.41) is 18.3. The molecule has 4 aliphatic heterocycles. The first-order chi connectivity index (χ1) is 32.0. The van der Waals surface area contributed by atoms with Crippen LogP contribution in [-0.2, 0) is 32.0 Å². The number of amides is 3. The van der Waals surface area contributed by atoms with E-state index in [1.54, 1.807) is 0 Å². The van der Waals surface area contributed by atoms with Gasteiger partial charge in [0.05, 0.1) is 11.4 Å². The van der Waals surface area contributed by atoms with Crippen LogP contribution in [0.5, 0.6) is 0 Å². The molecule has 5 N–H and O–H groups in total. The molecule has 364 valence electrons. The van der Waals surface area contributed by atoms with Crippen LogP contribution in [0.4, 0.5) is 11.5 Å². The van der Waals surface area contributed by atoms with E-state index in [1.165, 1.54) is 41.8 Å². The number of anilines is 2. The number of aryl methyl sites for hydroxylation is 4. The topological polar surface area (TPSA) is 197 Å². The molecule has 0 aliphatic carbocycles. The van der Waals surface area contributed by atoms with Crippen LogP contribution in [0.3, 0.4) is 0 Å². The van der Waals surface area contributed by atoms with Crippen LogP contribution < -0.4 is 15.5 Å². The number of fused-ring (bicyclic) bond motifs is 1. The molecule has 0 radical (unpaired) electrons. The molecule has 66 heavy (non-hydrogen) atoms. The monoisotopic (exact) mass is 934 g/mol. The van der Waals surface area contributed by atoms with E-state index in [2.05, 4.69) is 82.3 Å². The molecular formula is C49H76N9O7P. The number of piperazine rings is 1. The third-order valence-electron chi connectivity index (χ3n) is 13.4. The highest BCUT2D eigenvalue weighted by Gasteiger charge is 2.27. The second kappa shape index (κ2) is 27.9. The number of carbonyl (C=O) groups is 4. The lowest BCUT2D eigenvalue weighted by Crippen LogP contribution is -2.48. The number of likely N-dealkylation sites (tertiary alicyclic amines) is 2. The van der Waals surface area contributed by atoms with Crippen molar-refractivity contribution in [2.75, 3.05) is 82.2 Å². The van der Waals surface area contributed by atoms with Crippen LogP contribution in [0.2, 0.25) is 0 Å². The van der Waals surface area contributed by atoms with Crippen molar-refractivity contribution in [2.24, 2.45) is 5.92 Å². The molecule has 3 saturated heterocycles. The molecule has 1 aromatic carbocycles. The van der Waals surface area contributed by atoms with Gasteiger partial charge >= 0.3 is 0 Å². The molecule has 3 amide bonds. The van der Waals surface area contributed by atoms with Crippen LogP contribution in [0.1, 0.15) is 125 Å². The van der Waals surface area contributed by atoms with Gasteiger partial charge in [0.2, 0.25) is 17.7 Å². The molecule has 2 unspecified atom stereocenters. The maximum Gasteiger partial charge on any atom is 0.290 e. The zero-order valence-corrected chi connectivity index (χ0v) is 40.7. The number of aromatic nitrogens is 3. The smallest absolute Gasteiger partial charge is 0.290 e. The molecule has 6 heterocycles. The van der Waals surface area contributed by atoms with Crippen LogP contribution in [0.25, 0.3) is 5.69 Å². The van der Waals surface area contributed by atoms with Gasteiger partial charge in [-0.15, -0.1) is 0 Å². The first kappa shape index (κ1) is 52.3. The number of nitrogens with one attached hydrogen (secondary N) is 2. The Morgan fingerprint density at radius 3 is 2.27 bits per heavy atom. The van der Waals surface area contributed by atoms with E-state index < -0.39 is 9.03 Å². The van der Waals surface area contributed by atoms with Gasteiger partial charge in [0.1, 0.15) is 14.9 Å². The predicted octanol–water partition coefficient (Wildman–Crippen LogP) is 5.99. The van der Waals surface area contributed by atoms with E-state index >= 15 is 0 Å². The van der Waals surface area contributed by atoms with Gasteiger partial charge in [0, 0.05) is 102 Å². The van der Waals surface area contributed by atoms with Gasteiger partial charge in [0.25, 0.3) is 6.47 Å². The summed E-state index contributed by atoms with van der Waals surface area (Å²) >= 11 is 0. The molecule has 3 aromatic rings. The van der Waals surface area contributed by atoms with Gasteiger partial charge in [-0.3, -0.25) is 19.2 Å². The summed E-state index contributed by atoms with van der Waals surface area (Å²) < 4.78 is 2.08. The zero-order chi connectivity index (χ0) is 47.3. The molecule has 0 spiro atoms. The number of nitrogens with zero attached hydrogens (tertiary/aromatic N) is 7. The first-order valence-corrected chi connectivity index (χ1v) is 25.3. The maximum atomic E-state index is 13.2. The predicted molar refractivity (Wildman–Crippen MR) is 261 cm³/mol. The van der Waals surface area contributed by atoms with Gasteiger partial charge in [-0.25, -0.2) is 9.67 Å². The van der Waals surface area contributed by atoms with Crippen LogP contribution in [0, 0.1) is 19.8 Å². The number of benzene rings is 1. The quantitative estimate of drug-likeness (QED) is 0.0536. The Labute approximate surface area is 393 Å². The van der Waals surface area contributed by atoms with Crippen LogP contribution in [0.15, 0.2) is 36.4 Å². The number of hydrogen-bond donors (Lipinski definition) is 5. The minimum absolute atomic E-state index is 0.00485. The summed E-state index contributed by atoms with van der Waals surface area (Å²) in [7, 11) is -0.917. The molecule has 4 aliphatic rings. The highest BCUT2D eigenvalue weighted by atomic mass is 31.1. The third kappa shape index (κ3) is 16.3. The maximum absolute atomic E-state index is 13.2. The SMILES string of the molecule is CCC(CN1CCC(CCc2ccc3c(n2)NCCC3)C1)c1cc(N2CCN(C(=O)CCCC(=O)NCCCCCC(=O)N3CCCC3)CC2)cc(-n2nc(C)cc2C)c1.O=CO.OPO. The number of unbranched alkanes of at least 4 members (excludes halogenated alkanes) is 2. The van der Waals surface area contributed by atoms with E-state index in [-0.39, 0.29) is 24.2 Å². The molecule has 16 nitrogen and oxygen atoms in total. The van der Waals surface area contributed by atoms with Crippen molar-refractivity contribution >= 4 is 44.7 Å². The summed E-state index contributed by atoms with van der Waals surface area (Å²) in [6.45, 7) is 16.0. The Kier molecular flexibility index (Phi) is 22.1. The van der Waals surface area contributed by atoms with Crippen molar-refractivity contribution in [1.29, 1.82) is 0 Å². The minimum Gasteiger partial charge on any atom is -0.483 e. The fourth-order valence-electron chi connectivity index (χ4n) is 9.80. The van der Waals surface area contributed by atoms with Gasteiger partial charge < -0.3 is 45.1 Å². The Bertz CT molecular complexity index is 1990. The van der Waals surface area contributed by atoms with Crippen molar-refractivity contribution in [3.8, 4) is 5.69 Å². The molecule has 17 heteroatoms. The fourth-order valence-corrected chi connectivity index (χ4v) is 9.80. The highest BCUT2D eigenvalue weighted by molar-refractivity contribution is 7.23. The molecule has 2 aromatic heterocycles. The van der Waals surface area contributed by atoms with E-state index in [1.807, 2.05) is 9.80 Å². The number of carbonyl (C=O) groups excluding carboxylic acids is 3. The summed E-state index contributed by atoms with van der Waals surface area (Å²) in [6, 6.07) is 13.7. The average molecular weight is 934 g/mol. The van der Waals surface area contributed by atoms with Crippen LogP contribution in [-0.4, -0.2) is 141 Å². The largest absolute Gasteiger partial charge is 0.483 e. The van der Waals surface area contributed by atoms with E-state index in [0.717, 1.165) is 127 Å². The van der Waals surface area contributed by atoms with Crippen molar-refractivity contribution in [2.45, 2.75) is 123 Å². The molecule has 2 atom stereocenters. The third-order valence-corrected chi connectivity index (χ3v) is 13.4. The molecule has 0 bridgehead atoms. The fraction of sp³-hybridized carbons (Fsp3) is 0.633. The van der Waals surface area contributed by atoms with Crippen molar-refractivity contribution < 1.29 is 34.1 Å². The number of hydrogen-bond acceptors (Lipinski definition) is 11. The first-order valence-electron chi connectivity index (χ1n) is 24.4. The molecular weight excluding hydrogens is 858 g/mol. The zero-order valence-electron chi connectivity index (χ0n) is 39.7. The normalized spacial score (nSPS) is 17.5. The van der Waals surface area contributed by atoms with Crippen molar-refractivity contribution in [3.05, 3.63) is 64.6 Å². The highest BCUT2D eigenvalue weighted by Crippen LogP contribution is 2.32. The summed E-state index contributed by atoms with van der Waals surface area (Å²) in [5.41, 5.74) is 8.37. The number of rotatable bonds is 19. The van der Waals surface area contributed by atoms with Crippen molar-refractivity contribution in [1.82, 2.24) is 34.8 Å². The Morgan fingerprint density at radius 1 is 0.879 bits per heavy atom. The second-order valence-electron chi connectivity index (χ2n) is 18.2. The molecule has 7 rings (SSSR count). The average Bonchev–Trinajstić information content (AvgIpc) is 4.11. The van der Waals surface area contributed by atoms with E-state index in [0.29, 0.717) is 57.2 Å². The Morgan fingerprint density at radius 2 is 1.58 bits per heavy atom. The van der Waals surface area contributed by atoms with E-state index in [9.17, 15) is 14.4 Å². The lowest BCUT2D eigenvalue weighted by molar-refractivity contribution is -0.132.